The largest absolute Gasteiger partial charge is 0.506 e. The van der Waals surface area contributed by atoms with Gasteiger partial charge in [-0.05, 0) is 41.1 Å². The molecule has 0 aliphatic heterocycles. The van der Waals surface area contributed by atoms with E-state index < -0.39 is 0 Å². The number of hydrogen-bond donors (Lipinski definition) is 2. The Kier molecular flexibility index (Phi) is 3.24. The van der Waals surface area contributed by atoms with E-state index in [-0.39, 0.29) is 5.75 Å². The van der Waals surface area contributed by atoms with Gasteiger partial charge in [0.25, 0.3) is 0 Å². The fourth-order valence-electron chi connectivity index (χ4n) is 2.51. The lowest BCUT2D eigenvalue weighted by Crippen LogP contribution is -1.96. The van der Waals surface area contributed by atoms with Crippen LogP contribution in [0.5, 0.6) is 5.75 Å². The van der Waals surface area contributed by atoms with Crippen molar-refractivity contribution < 1.29 is 5.11 Å². The van der Waals surface area contributed by atoms with Crippen LogP contribution in [0.3, 0.4) is 0 Å². The Morgan fingerprint density at radius 2 is 1.65 bits per heavy atom. The van der Waals surface area contributed by atoms with E-state index in [0.717, 1.165) is 21.8 Å². The zero-order valence-corrected chi connectivity index (χ0v) is 12.7. The molecule has 0 amide bonds. The van der Waals surface area contributed by atoms with Crippen molar-refractivity contribution >= 4 is 44.9 Å². The van der Waals surface area contributed by atoms with Crippen LogP contribution in [-0.4, -0.2) is 15.1 Å². The summed E-state index contributed by atoms with van der Waals surface area (Å²) in [6, 6.07) is 16.9. The average molecular weight is 322 g/mol. The summed E-state index contributed by atoms with van der Waals surface area (Å²) in [7, 11) is 0. The van der Waals surface area contributed by atoms with E-state index in [9.17, 15) is 5.11 Å². The van der Waals surface area contributed by atoms with Crippen LogP contribution in [0.1, 0.15) is 0 Å². The number of aromatic nitrogens is 2. The molecule has 112 valence electrons. The average Bonchev–Trinajstić information content (AvgIpc) is 2.56. The lowest BCUT2D eigenvalue weighted by Gasteiger charge is -2.09. The third-order valence-electron chi connectivity index (χ3n) is 3.63. The smallest absolute Gasteiger partial charge is 0.149 e. The zero-order chi connectivity index (χ0) is 15.8. The number of aromatic hydroxyl groups is 1. The predicted molar refractivity (Wildman–Crippen MR) is 93.4 cm³/mol. The standard InChI is InChI=1S/C18H12ClN3O/c19-13-5-6-17(23)16(9-13)22-18-10-20-14-7-11-3-1-2-4-12(11)8-15(14)21-18/h1-10,23H,(H,21,22). The normalized spacial score (nSPS) is 11.0. The summed E-state index contributed by atoms with van der Waals surface area (Å²) < 4.78 is 0. The monoisotopic (exact) mass is 321 g/mol. The van der Waals surface area contributed by atoms with Gasteiger partial charge >= 0.3 is 0 Å². The molecular weight excluding hydrogens is 310 g/mol. The Balaban J connectivity index is 1.79. The molecule has 4 nitrogen and oxygen atoms in total. The first-order chi connectivity index (χ1) is 11.2. The van der Waals surface area contributed by atoms with E-state index in [2.05, 4.69) is 15.3 Å². The lowest BCUT2D eigenvalue weighted by atomic mass is 10.1. The quantitative estimate of drug-likeness (QED) is 0.408. The number of anilines is 2. The van der Waals surface area contributed by atoms with Gasteiger partial charge in [-0.3, -0.25) is 4.98 Å². The predicted octanol–water partition coefficient (Wildman–Crippen LogP) is 4.89. The Morgan fingerprint density at radius 1 is 0.913 bits per heavy atom. The summed E-state index contributed by atoms with van der Waals surface area (Å²) in [5.41, 5.74) is 2.10. The molecule has 1 aromatic heterocycles. The minimum Gasteiger partial charge on any atom is -0.506 e. The molecule has 0 aliphatic carbocycles. The van der Waals surface area contributed by atoms with Gasteiger partial charge in [-0.1, -0.05) is 35.9 Å². The zero-order valence-electron chi connectivity index (χ0n) is 12.0. The van der Waals surface area contributed by atoms with E-state index >= 15 is 0 Å². The van der Waals surface area contributed by atoms with Gasteiger partial charge in [-0.15, -0.1) is 0 Å². The van der Waals surface area contributed by atoms with Crippen LogP contribution in [0.4, 0.5) is 11.5 Å². The maximum Gasteiger partial charge on any atom is 0.149 e. The summed E-state index contributed by atoms with van der Waals surface area (Å²) in [5, 5.41) is 15.7. The first kappa shape index (κ1) is 13.8. The molecule has 0 unspecified atom stereocenters. The number of benzene rings is 3. The number of rotatable bonds is 2. The third kappa shape index (κ3) is 2.64. The molecule has 0 saturated carbocycles. The van der Waals surface area contributed by atoms with Crippen LogP contribution in [0.15, 0.2) is 60.8 Å². The molecule has 0 fully saturated rings. The molecule has 4 rings (SSSR count). The first-order valence-corrected chi connectivity index (χ1v) is 7.48. The number of nitrogens with one attached hydrogen (secondary N) is 1. The van der Waals surface area contributed by atoms with Gasteiger partial charge in [0.2, 0.25) is 0 Å². The van der Waals surface area contributed by atoms with Crippen molar-refractivity contribution in [1.82, 2.24) is 9.97 Å². The molecule has 0 bridgehead atoms. The van der Waals surface area contributed by atoms with Crippen molar-refractivity contribution in [2.45, 2.75) is 0 Å². The minimum absolute atomic E-state index is 0.106. The summed E-state index contributed by atoms with van der Waals surface area (Å²) in [4.78, 5) is 9.00. The van der Waals surface area contributed by atoms with Crippen LogP contribution in [-0.2, 0) is 0 Å². The Morgan fingerprint density at radius 3 is 2.43 bits per heavy atom. The van der Waals surface area contributed by atoms with E-state index in [0.29, 0.717) is 16.5 Å². The van der Waals surface area contributed by atoms with Crippen molar-refractivity contribution in [3.05, 3.63) is 65.8 Å². The molecule has 1 heterocycles. The molecule has 0 aliphatic rings. The summed E-state index contributed by atoms with van der Waals surface area (Å²) in [6.45, 7) is 0. The van der Waals surface area contributed by atoms with Crippen LogP contribution in [0.25, 0.3) is 21.8 Å². The molecule has 0 atom stereocenters. The number of phenols is 1. The highest BCUT2D eigenvalue weighted by molar-refractivity contribution is 6.31. The molecule has 0 radical (unpaired) electrons. The summed E-state index contributed by atoms with van der Waals surface area (Å²) in [6.07, 6.45) is 1.64. The highest BCUT2D eigenvalue weighted by Gasteiger charge is 2.06. The fraction of sp³-hybridized carbons (Fsp3) is 0. The topological polar surface area (TPSA) is 58.0 Å². The Hall–Kier alpha value is -2.85. The highest BCUT2D eigenvalue weighted by Crippen LogP contribution is 2.29. The second-order valence-corrected chi connectivity index (χ2v) is 5.67. The molecule has 4 aromatic rings. The second kappa shape index (κ2) is 5.41. The van der Waals surface area contributed by atoms with E-state index in [1.807, 2.05) is 36.4 Å². The summed E-state index contributed by atoms with van der Waals surface area (Å²) in [5.74, 6) is 0.653. The van der Waals surface area contributed by atoms with Gasteiger partial charge in [-0.2, -0.15) is 0 Å². The van der Waals surface area contributed by atoms with Gasteiger partial charge in [0.15, 0.2) is 0 Å². The van der Waals surface area contributed by atoms with Crippen molar-refractivity contribution in [2.75, 3.05) is 5.32 Å². The van der Waals surface area contributed by atoms with Gasteiger partial charge in [0.1, 0.15) is 11.6 Å². The van der Waals surface area contributed by atoms with Gasteiger partial charge in [0.05, 0.1) is 22.9 Å². The van der Waals surface area contributed by atoms with Crippen molar-refractivity contribution in [2.24, 2.45) is 0 Å². The number of halogens is 1. The van der Waals surface area contributed by atoms with Crippen molar-refractivity contribution in [3.8, 4) is 5.75 Å². The maximum atomic E-state index is 9.88. The van der Waals surface area contributed by atoms with E-state index in [1.165, 1.54) is 6.07 Å². The van der Waals surface area contributed by atoms with Crippen LogP contribution in [0.2, 0.25) is 5.02 Å². The van der Waals surface area contributed by atoms with E-state index in [4.69, 9.17) is 11.6 Å². The van der Waals surface area contributed by atoms with Crippen LogP contribution >= 0.6 is 11.6 Å². The van der Waals surface area contributed by atoms with Crippen molar-refractivity contribution in [3.63, 3.8) is 0 Å². The molecule has 23 heavy (non-hydrogen) atoms. The van der Waals surface area contributed by atoms with Gasteiger partial charge in [-0.25, -0.2) is 4.98 Å². The Labute approximate surface area is 137 Å². The van der Waals surface area contributed by atoms with Crippen LogP contribution in [0, 0.1) is 0 Å². The number of hydrogen-bond acceptors (Lipinski definition) is 4. The lowest BCUT2D eigenvalue weighted by molar-refractivity contribution is 0.477. The number of phenolic OH excluding ortho intramolecular Hbond substituents is 1. The third-order valence-corrected chi connectivity index (χ3v) is 3.87. The number of fused-ring (bicyclic) bond motifs is 2. The molecule has 5 heteroatoms. The van der Waals surface area contributed by atoms with Gasteiger partial charge in [0, 0.05) is 5.02 Å². The van der Waals surface area contributed by atoms with Gasteiger partial charge < -0.3 is 10.4 Å². The first-order valence-electron chi connectivity index (χ1n) is 7.10. The van der Waals surface area contributed by atoms with Crippen LogP contribution < -0.4 is 5.32 Å². The number of nitrogens with zero attached hydrogens (tertiary/aromatic N) is 2. The molecule has 0 spiro atoms. The highest BCUT2D eigenvalue weighted by atomic mass is 35.5. The van der Waals surface area contributed by atoms with Crippen molar-refractivity contribution in [1.29, 1.82) is 0 Å². The second-order valence-electron chi connectivity index (χ2n) is 5.23. The van der Waals surface area contributed by atoms with E-state index in [1.54, 1.807) is 18.3 Å². The molecule has 2 N–H and O–H groups in total. The molecule has 0 saturated heterocycles. The molecular formula is C18H12ClN3O. The maximum absolute atomic E-state index is 9.88. The summed E-state index contributed by atoms with van der Waals surface area (Å²) >= 11 is 5.96. The SMILES string of the molecule is Oc1ccc(Cl)cc1Nc1cnc2cc3ccccc3cc2n1. The fourth-order valence-corrected chi connectivity index (χ4v) is 2.68. The Bertz CT molecular complexity index is 1030. The molecule has 3 aromatic carbocycles. The minimum atomic E-state index is 0.106.